The lowest BCUT2D eigenvalue weighted by Gasteiger charge is -2.42. The third-order valence-electron chi connectivity index (χ3n) is 7.69. The Morgan fingerprint density at radius 1 is 1.06 bits per heavy atom. The molecule has 0 bridgehead atoms. The summed E-state index contributed by atoms with van der Waals surface area (Å²) in [7, 11) is -2.74. The summed E-state index contributed by atoms with van der Waals surface area (Å²) in [5.74, 6) is 0. The van der Waals surface area contributed by atoms with Gasteiger partial charge in [0.1, 0.15) is 0 Å². The molecule has 4 heteroatoms. The highest BCUT2D eigenvalue weighted by Crippen LogP contribution is 2.64. The topological polar surface area (TPSA) is 38.7 Å². The molecule has 179 valence electrons. The van der Waals surface area contributed by atoms with Crippen LogP contribution in [0.5, 0.6) is 0 Å². The highest BCUT2D eigenvalue weighted by molar-refractivity contribution is 7.61. The van der Waals surface area contributed by atoms with Crippen molar-refractivity contribution in [3.05, 3.63) is 70.3 Å². The largest absolute Gasteiger partial charge is 0.335 e. The van der Waals surface area contributed by atoms with Crippen LogP contribution in [-0.2, 0) is 26.5 Å². The lowest BCUT2D eigenvalue weighted by atomic mass is 9.63. The van der Waals surface area contributed by atoms with Gasteiger partial charge in [-0.3, -0.25) is 0 Å². The molecule has 2 aromatic carbocycles. The number of hydrogen-bond donors (Lipinski definition) is 1. The van der Waals surface area contributed by atoms with E-state index in [9.17, 15) is 4.89 Å². The zero-order valence-electron chi connectivity index (χ0n) is 21.1. The van der Waals surface area contributed by atoms with Gasteiger partial charge in [0.05, 0.1) is 13.2 Å². The molecule has 1 heterocycles. The van der Waals surface area contributed by atoms with E-state index in [-0.39, 0.29) is 16.5 Å². The van der Waals surface area contributed by atoms with Crippen LogP contribution in [0.25, 0.3) is 11.6 Å². The minimum absolute atomic E-state index is 0.0864. The average molecular weight is 468 g/mol. The maximum atomic E-state index is 10.7. The van der Waals surface area contributed by atoms with E-state index in [2.05, 4.69) is 83.2 Å². The molecule has 0 spiro atoms. The molecular weight excluding hydrogens is 427 g/mol. The maximum absolute atomic E-state index is 10.7. The summed E-state index contributed by atoms with van der Waals surface area (Å²) < 4.78 is 11.5. The highest BCUT2D eigenvalue weighted by Gasteiger charge is 2.38. The van der Waals surface area contributed by atoms with E-state index in [1.54, 1.807) is 0 Å². The van der Waals surface area contributed by atoms with Crippen LogP contribution in [0.15, 0.2) is 42.5 Å². The molecule has 3 nitrogen and oxygen atoms in total. The third kappa shape index (κ3) is 5.28. The van der Waals surface area contributed by atoms with Crippen molar-refractivity contribution in [2.24, 2.45) is 0 Å². The van der Waals surface area contributed by atoms with Crippen LogP contribution in [0.2, 0.25) is 0 Å². The van der Waals surface area contributed by atoms with Gasteiger partial charge in [0, 0.05) is 5.66 Å². The molecule has 1 N–H and O–H groups in total. The van der Waals surface area contributed by atoms with Crippen LogP contribution in [0, 0.1) is 0 Å². The SMILES string of the molecule is CC(=Cc1ccc(CO[P]2(O)OCCCC2C)cc1)c1ccc2c(c1)C(C)(C)CCC2(C)C. The summed E-state index contributed by atoms with van der Waals surface area (Å²) >= 11 is 0. The summed E-state index contributed by atoms with van der Waals surface area (Å²) in [6.07, 6.45) is 6.67. The molecule has 2 aliphatic rings. The van der Waals surface area contributed by atoms with Gasteiger partial charge in [-0.2, -0.15) is 0 Å². The molecule has 0 saturated carbocycles. The van der Waals surface area contributed by atoms with Gasteiger partial charge in [-0.1, -0.05) is 83.2 Å². The smallest absolute Gasteiger partial charge is 0.234 e. The van der Waals surface area contributed by atoms with E-state index in [1.807, 2.05) is 6.92 Å². The van der Waals surface area contributed by atoms with Crippen molar-refractivity contribution in [3.8, 4) is 0 Å². The van der Waals surface area contributed by atoms with Crippen LogP contribution in [0.3, 0.4) is 0 Å². The Morgan fingerprint density at radius 3 is 2.39 bits per heavy atom. The molecule has 2 unspecified atom stereocenters. The first kappa shape index (κ1) is 24.6. The Hall–Kier alpha value is -1.51. The third-order valence-corrected chi connectivity index (χ3v) is 10.1. The maximum Gasteiger partial charge on any atom is 0.234 e. The molecule has 1 aliphatic carbocycles. The van der Waals surface area contributed by atoms with Gasteiger partial charge in [-0.15, -0.1) is 0 Å². The van der Waals surface area contributed by atoms with Gasteiger partial charge < -0.3 is 13.9 Å². The van der Waals surface area contributed by atoms with Crippen LogP contribution in [-0.4, -0.2) is 17.2 Å². The summed E-state index contributed by atoms with van der Waals surface area (Å²) in [5.41, 5.74) is 8.33. The van der Waals surface area contributed by atoms with E-state index in [4.69, 9.17) is 9.05 Å². The average Bonchev–Trinajstić information content (AvgIpc) is 2.78. The molecular formula is C29H40O3P. The molecule has 2 atom stereocenters. The number of fused-ring (bicyclic) bond motifs is 1. The minimum Gasteiger partial charge on any atom is -0.335 e. The van der Waals surface area contributed by atoms with Crippen molar-refractivity contribution < 1.29 is 13.9 Å². The van der Waals surface area contributed by atoms with Crippen LogP contribution < -0.4 is 0 Å². The van der Waals surface area contributed by atoms with Crippen molar-refractivity contribution in [2.75, 3.05) is 6.61 Å². The van der Waals surface area contributed by atoms with Crippen molar-refractivity contribution in [2.45, 2.75) is 90.3 Å². The Bertz CT molecular complexity index is 1020. The molecule has 0 aromatic heterocycles. The van der Waals surface area contributed by atoms with Crippen molar-refractivity contribution in [1.29, 1.82) is 0 Å². The second-order valence-corrected chi connectivity index (χ2v) is 13.8. The van der Waals surface area contributed by atoms with Gasteiger partial charge in [-0.05, 0) is 76.8 Å². The van der Waals surface area contributed by atoms with E-state index in [1.165, 1.54) is 40.7 Å². The summed E-state index contributed by atoms with van der Waals surface area (Å²) in [4.78, 5) is 10.7. The summed E-state index contributed by atoms with van der Waals surface area (Å²) in [6, 6.07) is 15.5. The molecule has 1 fully saturated rings. The Balaban J connectivity index is 1.48. The fourth-order valence-electron chi connectivity index (χ4n) is 5.07. The standard InChI is InChI=1S/C29H40O3P/c1-21(25-13-14-26-27(19-25)29(5,6)16-15-28(26,3)4)18-23-9-11-24(12-10-23)20-32-33(30)22(2)8-7-17-31-33/h9-14,18-19,22,30H,7-8,15-17,20H2,1-6H3. The van der Waals surface area contributed by atoms with Crippen molar-refractivity contribution >= 4 is 19.6 Å². The molecule has 4 rings (SSSR count). The van der Waals surface area contributed by atoms with Gasteiger partial charge in [0.15, 0.2) is 0 Å². The molecule has 33 heavy (non-hydrogen) atoms. The molecule has 1 saturated heterocycles. The normalized spacial score (nSPS) is 26.6. The lowest BCUT2D eigenvalue weighted by molar-refractivity contribution is 0.142. The Kier molecular flexibility index (Phi) is 6.91. The van der Waals surface area contributed by atoms with Gasteiger partial charge in [-0.25, -0.2) is 0 Å². The Labute approximate surface area is 200 Å². The van der Waals surface area contributed by atoms with Crippen LogP contribution in [0.4, 0.5) is 0 Å². The van der Waals surface area contributed by atoms with Crippen molar-refractivity contribution in [3.63, 3.8) is 0 Å². The predicted molar refractivity (Wildman–Crippen MR) is 140 cm³/mol. The fourth-order valence-corrected chi connectivity index (χ4v) is 6.89. The predicted octanol–water partition coefficient (Wildman–Crippen LogP) is 8.07. The monoisotopic (exact) mass is 467 g/mol. The molecule has 1 radical (unpaired) electrons. The van der Waals surface area contributed by atoms with Crippen LogP contribution >= 0.6 is 7.94 Å². The number of rotatable bonds is 5. The van der Waals surface area contributed by atoms with Crippen molar-refractivity contribution in [1.82, 2.24) is 0 Å². The molecule has 2 aromatic rings. The first-order valence-corrected chi connectivity index (χ1v) is 14.0. The molecule has 0 amide bonds. The zero-order valence-corrected chi connectivity index (χ0v) is 22.0. The number of hydrogen-bond acceptors (Lipinski definition) is 3. The van der Waals surface area contributed by atoms with E-state index in [0.29, 0.717) is 13.2 Å². The summed E-state index contributed by atoms with van der Waals surface area (Å²) in [6.45, 7) is 14.7. The molecule has 1 aliphatic heterocycles. The van der Waals surface area contributed by atoms with Gasteiger partial charge in [0.25, 0.3) is 0 Å². The second-order valence-electron chi connectivity index (χ2n) is 11.3. The van der Waals surface area contributed by atoms with E-state index in [0.717, 1.165) is 18.4 Å². The first-order valence-electron chi connectivity index (χ1n) is 12.3. The zero-order chi connectivity index (χ0) is 23.9. The summed E-state index contributed by atoms with van der Waals surface area (Å²) in [5, 5.41) is 0. The van der Waals surface area contributed by atoms with Crippen LogP contribution in [0.1, 0.15) is 95.0 Å². The lowest BCUT2D eigenvalue weighted by Crippen LogP contribution is -2.33. The van der Waals surface area contributed by atoms with Gasteiger partial charge in [0.2, 0.25) is 7.94 Å². The van der Waals surface area contributed by atoms with E-state index >= 15 is 0 Å². The Morgan fingerprint density at radius 2 is 1.73 bits per heavy atom. The van der Waals surface area contributed by atoms with E-state index < -0.39 is 7.94 Å². The highest BCUT2D eigenvalue weighted by atomic mass is 31.2. The fraction of sp³-hybridized carbons (Fsp3) is 0.517. The number of benzene rings is 2. The first-order chi connectivity index (χ1) is 15.5. The minimum atomic E-state index is -2.74. The quantitative estimate of drug-likeness (QED) is 0.357. The number of allylic oxidation sites excluding steroid dienone is 1. The second kappa shape index (κ2) is 9.27. The van der Waals surface area contributed by atoms with Gasteiger partial charge >= 0.3 is 0 Å².